The van der Waals surface area contributed by atoms with Crippen LogP contribution in [0.15, 0.2) is 11.6 Å². The topological polar surface area (TPSA) is 213 Å². The summed E-state index contributed by atoms with van der Waals surface area (Å²) in [6.45, 7) is 7.90. The second-order valence-corrected chi connectivity index (χ2v) is 16.7. The highest BCUT2D eigenvalue weighted by Crippen LogP contribution is 2.70. The Balaban J connectivity index is 1.44. The number of ether oxygens (including phenoxy) is 3. The monoisotopic (exact) mass is 692 g/mol. The van der Waals surface area contributed by atoms with Crippen molar-refractivity contribution in [3.05, 3.63) is 11.6 Å². The van der Waals surface area contributed by atoms with Crippen molar-refractivity contribution in [2.45, 2.75) is 134 Å². The first-order chi connectivity index (χ1) is 21.9. The molecular formula is C33H56O13S. The van der Waals surface area contributed by atoms with Crippen LogP contribution in [0.5, 0.6) is 0 Å². The number of rotatable bonds is 11. The second-order valence-electron chi connectivity index (χ2n) is 15.7. The molecule has 0 amide bonds. The van der Waals surface area contributed by atoms with E-state index >= 15 is 0 Å². The van der Waals surface area contributed by atoms with E-state index in [4.69, 9.17) is 18.4 Å². The fourth-order valence-corrected chi connectivity index (χ4v) is 11.2. The molecule has 272 valence electrons. The molecule has 1 saturated heterocycles. The minimum absolute atomic E-state index is 0.0803. The summed E-state index contributed by atoms with van der Waals surface area (Å²) < 4.78 is 56.6. The van der Waals surface area contributed by atoms with Crippen LogP contribution in [-0.4, -0.2) is 119 Å². The van der Waals surface area contributed by atoms with Crippen molar-refractivity contribution in [1.29, 1.82) is 0 Å². The lowest BCUT2D eigenvalue weighted by atomic mass is 9.43. The second kappa shape index (κ2) is 13.8. The van der Waals surface area contributed by atoms with Gasteiger partial charge in [0.05, 0.1) is 30.5 Å². The maximum Gasteiger partial charge on any atom is 0.397 e. The molecule has 1 unspecified atom stereocenters. The summed E-state index contributed by atoms with van der Waals surface area (Å²) in [5, 5.41) is 66.1. The molecule has 13 nitrogen and oxygen atoms in total. The third-order valence-corrected chi connectivity index (χ3v) is 13.2. The predicted octanol–water partition coefficient (Wildman–Crippen LogP) is 1.33. The number of aliphatic hydroxyl groups excluding tert-OH is 5. The van der Waals surface area contributed by atoms with Crippen molar-refractivity contribution in [3.63, 3.8) is 0 Å². The number of methoxy groups -OCH3 is 1. The molecule has 0 aromatic heterocycles. The van der Waals surface area contributed by atoms with Gasteiger partial charge in [-0.2, -0.15) is 8.42 Å². The van der Waals surface area contributed by atoms with Crippen LogP contribution < -0.4 is 0 Å². The van der Waals surface area contributed by atoms with Gasteiger partial charge in [-0.1, -0.05) is 46.6 Å². The molecule has 0 spiro atoms. The highest BCUT2D eigenvalue weighted by atomic mass is 32.3. The molecule has 0 radical (unpaired) electrons. The lowest BCUT2D eigenvalue weighted by molar-refractivity contribution is -0.285. The van der Waals surface area contributed by atoms with Gasteiger partial charge in [-0.25, -0.2) is 4.18 Å². The summed E-state index contributed by atoms with van der Waals surface area (Å²) in [5.74, 6) is -1.71. The van der Waals surface area contributed by atoms with Gasteiger partial charge in [0.2, 0.25) is 0 Å². The molecule has 1 heterocycles. The Labute approximate surface area is 278 Å². The Bertz CT molecular complexity index is 1250. The summed E-state index contributed by atoms with van der Waals surface area (Å²) in [4.78, 5) is 0. The fraction of sp³-hybridized carbons (Fsp3) is 0.939. The molecule has 0 aromatic rings. The lowest BCUT2D eigenvalue weighted by Crippen LogP contribution is -2.66. The molecule has 7 N–H and O–H groups in total. The molecule has 0 bridgehead atoms. The highest BCUT2D eigenvalue weighted by molar-refractivity contribution is 7.80. The first-order valence-electron chi connectivity index (χ1n) is 17.1. The zero-order valence-corrected chi connectivity index (χ0v) is 29.0. The summed E-state index contributed by atoms with van der Waals surface area (Å²) in [6, 6.07) is 0. The van der Waals surface area contributed by atoms with Gasteiger partial charge in [0.15, 0.2) is 6.29 Å². The Kier molecular flexibility index (Phi) is 11.0. The third-order valence-electron chi connectivity index (χ3n) is 12.8. The van der Waals surface area contributed by atoms with Gasteiger partial charge >= 0.3 is 10.4 Å². The molecule has 4 fully saturated rings. The third kappa shape index (κ3) is 6.72. The van der Waals surface area contributed by atoms with Crippen molar-refractivity contribution in [3.8, 4) is 0 Å². The Hall–Kier alpha value is -0.750. The van der Waals surface area contributed by atoms with Crippen LogP contribution >= 0.6 is 0 Å². The average Bonchev–Trinajstić information content (AvgIpc) is 3.20. The number of aliphatic hydroxyl groups is 6. The maximum atomic E-state index is 12.8. The normalized spacial score (nSPS) is 48.2. The Morgan fingerprint density at radius 1 is 1.04 bits per heavy atom. The molecule has 1 aliphatic heterocycles. The van der Waals surface area contributed by atoms with Gasteiger partial charge in [-0.15, -0.1) is 0 Å². The number of hydrogen-bond donors (Lipinski definition) is 7. The standard InChI is InChI=1S/C33H56O13S/c1-17(15-34)7-6-8-18(2)24-26(38)27(46-47(40,41)42)29-32(24,4)12-10-23-31(3)11-9-19(13-20(31)21(35)14-33(23,29)39)45-30-28(43-5)25(37)22(36)16-44-30/h13,17-19,21-30,34-39H,6-12,14-16H2,1-5H3,(H,40,41,42)/t17-,18+,19-,21+,22+,23+,24-,25?,26+,27-,28-,29+,30-,31-,32+,33-/m0/s1. The van der Waals surface area contributed by atoms with E-state index in [0.717, 1.165) is 12.8 Å². The van der Waals surface area contributed by atoms with Crippen molar-refractivity contribution >= 4 is 10.4 Å². The van der Waals surface area contributed by atoms with Crippen LogP contribution in [0.25, 0.3) is 0 Å². The van der Waals surface area contributed by atoms with Crippen molar-refractivity contribution in [2.75, 3.05) is 20.3 Å². The minimum Gasteiger partial charge on any atom is -0.396 e. The quantitative estimate of drug-likeness (QED) is 0.120. The molecule has 5 rings (SSSR count). The van der Waals surface area contributed by atoms with Gasteiger partial charge in [0.1, 0.15) is 24.4 Å². The summed E-state index contributed by atoms with van der Waals surface area (Å²) >= 11 is 0. The van der Waals surface area contributed by atoms with E-state index in [9.17, 15) is 43.6 Å². The van der Waals surface area contributed by atoms with Gasteiger partial charge in [0, 0.05) is 26.1 Å². The summed E-state index contributed by atoms with van der Waals surface area (Å²) in [7, 11) is -3.60. The Morgan fingerprint density at radius 2 is 1.74 bits per heavy atom. The van der Waals surface area contributed by atoms with Crippen molar-refractivity contribution in [2.24, 2.45) is 40.4 Å². The van der Waals surface area contributed by atoms with Gasteiger partial charge in [-0.05, 0) is 72.2 Å². The average molecular weight is 693 g/mol. The molecule has 16 atom stereocenters. The van der Waals surface area contributed by atoms with Crippen molar-refractivity contribution in [1.82, 2.24) is 0 Å². The van der Waals surface area contributed by atoms with Gasteiger partial charge < -0.3 is 44.8 Å². The zero-order chi connectivity index (χ0) is 34.7. The zero-order valence-electron chi connectivity index (χ0n) is 28.1. The lowest BCUT2D eigenvalue weighted by Gasteiger charge is -2.64. The molecule has 0 aromatic carbocycles. The van der Waals surface area contributed by atoms with Crippen LogP contribution in [0.3, 0.4) is 0 Å². The molecular weight excluding hydrogens is 636 g/mol. The predicted molar refractivity (Wildman–Crippen MR) is 168 cm³/mol. The summed E-state index contributed by atoms with van der Waals surface area (Å²) in [5.41, 5.74) is -2.39. The molecule has 4 aliphatic carbocycles. The number of fused-ring (bicyclic) bond motifs is 5. The molecule has 47 heavy (non-hydrogen) atoms. The van der Waals surface area contributed by atoms with E-state index in [1.165, 1.54) is 7.11 Å². The van der Waals surface area contributed by atoms with E-state index in [0.29, 0.717) is 37.7 Å². The van der Waals surface area contributed by atoms with Crippen LogP contribution in [0.1, 0.15) is 79.1 Å². The minimum atomic E-state index is -5.00. The fourth-order valence-electron chi connectivity index (χ4n) is 10.7. The molecule has 3 saturated carbocycles. The van der Waals surface area contributed by atoms with Crippen LogP contribution in [0.2, 0.25) is 0 Å². The van der Waals surface area contributed by atoms with Crippen LogP contribution in [0.4, 0.5) is 0 Å². The summed E-state index contributed by atoms with van der Waals surface area (Å²) in [6.07, 6.45) is -2.29. The molecule has 14 heteroatoms. The first-order valence-corrected chi connectivity index (χ1v) is 18.5. The highest BCUT2D eigenvalue weighted by Gasteiger charge is 2.73. The van der Waals surface area contributed by atoms with E-state index < -0.39 is 93.6 Å². The van der Waals surface area contributed by atoms with E-state index in [1.807, 2.05) is 33.8 Å². The van der Waals surface area contributed by atoms with Crippen LogP contribution in [0, 0.1) is 40.4 Å². The van der Waals surface area contributed by atoms with Gasteiger partial charge in [0.25, 0.3) is 0 Å². The van der Waals surface area contributed by atoms with Crippen molar-refractivity contribution < 1.29 is 62.0 Å². The maximum absolute atomic E-state index is 12.8. The van der Waals surface area contributed by atoms with E-state index in [2.05, 4.69) is 0 Å². The number of hydrogen-bond acceptors (Lipinski definition) is 12. The van der Waals surface area contributed by atoms with Gasteiger partial charge in [-0.3, -0.25) is 4.55 Å². The SMILES string of the molecule is CO[C@H]1C(O)[C@H](O)CO[C@H]1O[C@@H]1C=C2[C@H](O)C[C@@]3(O)[C@@H]4[C@@H](OS(=O)(=O)O)[C@H](O)[C@H]([C@H](C)CCC[C@H](C)CO)[C@@]4(C)CC[C@@H]3[C@@]2(C)CC1. The molecule has 5 aliphatic rings. The van der Waals surface area contributed by atoms with E-state index in [1.54, 1.807) is 0 Å². The largest absolute Gasteiger partial charge is 0.397 e. The Morgan fingerprint density at radius 3 is 2.38 bits per heavy atom. The van der Waals surface area contributed by atoms with Crippen LogP contribution in [-0.2, 0) is 28.8 Å². The smallest absolute Gasteiger partial charge is 0.396 e. The van der Waals surface area contributed by atoms with E-state index in [-0.39, 0.29) is 31.5 Å². The first kappa shape index (κ1) is 37.5.